The van der Waals surface area contributed by atoms with E-state index < -0.39 is 26.1 Å². The first-order valence-corrected chi connectivity index (χ1v) is 13.9. The summed E-state index contributed by atoms with van der Waals surface area (Å²) in [7, 11) is -3.59. The standard InChI is InChI=1S/C25H26N7O8P/c1-15-27-14-32(29-15)23-20-19(22(39-2)18(28-23)13-40-41(36,37)38)17(12-26-20)21(33)25(35)31-10-8-30(9-11-31)24(34)16-6-4-3-5-7-16/h3-7,12,14,26H,8-11,13H2,1-2H3,(H2,36,37,38). The fraction of sp³-hybridized carbons (Fsp3) is 0.280. The zero-order chi connectivity index (χ0) is 29.3. The summed E-state index contributed by atoms with van der Waals surface area (Å²) in [5, 5.41) is 4.40. The number of aromatic amines is 1. The van der Waals surface area contributed by atoms with E-state index >= 15 is 0 Å². The minimum atomic E-state index is -4.88. The minimum Gasteiger partial charge on any atom is -0.494 e. The van der Waals surface area contributed by atoms with Crippen LogP contribution < -0.4 is 4.74 Å². The highest BCUT2D eigenvalue weighted by molar-refractivity contribution is 7.46. The van der Waals surface area contributed by atoms with E-state index in [4.69, 9.17) is 4.74 Å². The fourth-order valence-electron chi connectivity index (χ4n) is 4.60. The highest BCUT2D eigenvalue weighted by Crippen LogP contribution is 2.40. The Kier molecular flexibility index (Phi) is 7.69. The quantitative estimate of drug-likeness (QED) is 0.153. The minimum absolute atomic E-state index is 0.00952. The number of carbonyl (C=O) groups excluding carboxylic acids is 3. The van der Waals surface area contributed by atoms with Crippen LogP contribution in [0.5, 0.6) is 5.75 Å². The van der Waals surface area contributed by atoms with Gasteiger partial charge in [0.1, 0.15) is 24.5 Å². The fourth-order valence-corrected chi connectivity index (χ4v) is 4.90. The normalized spacial score (nSPS) is 14.0. The third-order valence-corrected chi connectivity index (χ3v) is 7.01. The number of Topliss-reactive ketones (excluding diaryl/α,β-unsaturated/α-hetero) is 1. The van der Waals surface area contributed by atoms with Gasteiger partial charge < -0.3 is 29.3 Å². The van der Waals surface area contributed by atoms with E-state index in [2.05, 4.69) is 24.6 Å². The first-order chi connectivity index (χ1) is 19.6. The number of fused-ring (bicyclic) bond motifs is 1. The van der Waals surface area contributed by atoms with Crippen LogP contribution in [-0.2, 0) is 20.5 Å². The van der Waals surface area contributed by atoms with Gasteiger partial charge in [-0.2, -0.15) is 5.10 Å². The highest BCUT2D eigenvalue weighted by Gasteiger charge is 2.32. The zero-order valence-electron chi connectivity index (χ0n) is 22.1. The van der Waals surface area contributed by atoms with Crippen molar-refractivity contribution in [3.63, 3.8) is 0 Å². The van der Waals surface area contributed by atoms with Crippen LogP contribution in [0.2, 0.25) is 0 Å². The molecule has 0 aliphatic carbocycles. The van der Waals surface area contributed by atoms with Crippen molar-refractivity contribution in [3.05, 3.63) is 65.5 Å². The number of benzene rings is 1. The van der Waals surface area contributed by atoms with Gasteiger partial charge in [-0.05, 0) is 19.1 Å². The average molecular weight is 583 g/mol. The molecule has 16 heteroatoms. The van der Waals surface area contributed by atoms with Crippen LogP contribution in [0.4, 0.5) is 0 Å². The molecule has 1 saturated heterocycles. The summed E-state index contributed by atoms with van der Waals surface area (Å²) in [6.07, 6.45) is 2.71. The molecule has 41 heavy (non-hydrogen) atoms. The molecule has 1 aromatic carbocycles. The summed E-state index contributed by atoms with van der Waals surface area (Å²) in [5.41, 5.74) is 0.740. The number of piperazine rings is 1. The Morgan fingerprint density at radius 3 is 2.37 bits per heavy atom. The second-order valence-electron chi connectivity index (χ2n) is 9.15. The van der Waals surface area contributed by atoms with Gasteiger partial charge in [-0.3, -0.25) is 18.9 Å². The molecular formula is C25H26N7O8P. The number of ether oxygens (including phenoxy) is 1. The number of pyridine rings is 1. The highest BCUT2D eigenvalue weighted by atomic mass is 31.2. The molecule has 0 radical (unpaired) electrons. The first kappa shape index (κ1) is 28.1. The molecule has 0 unspecified atom stereocenters. The average Bonchev–Trinajstić information content (AvgIpc) is 3.61. The number of aryl methyl sites for hydroxylation is 1. The summed E-state index contributed by atoms with van der Waals surface area (Å²) >= 11 is 0. The molecule has 2 amide bonds. The van der Waals surface area contributed by atoms with Gasteiger partial charge in [-0.15, -0.1) is 0 Å². The number of rotatable bonds is 8. The van der Waals surface area contributed by atoms with E-state index in [-0.39, 0.29) is 65.8 Å². The van der Waals surface area contributed by atoms with Gasteiger partial charge in [0.15, 0.2) is 11.6 Å². The van der Waals surface area contributed by atoms with Crippen LogP contribution in [-0.4, -0.2) is 95.2 Å². The van der Waals surface area contributed by atoms with E-state index in [1.165, 1.54) is 29.2 Å². The molecular weight excluding hydrogens is 557 g/mol. The number of phosphoric acid groups is 1. The second-order valence-corrected chi connectivity index (χ2v) is 10.4. The molecule has 15 nitrogen and oxygen atoms in total. The number of hydrogen-bond donors (Lipinski definition) is 3. The van der Waals surface area contributed by atoms with Crippen molar-refractivity contribution >= 4 is 36.3 Å². The maximum absolute atomic E-state index is 13.5. The Morgan fingerprint density at radius 1 is 1.07 bits per heavy atom. The second kappa shape index (κ2) is 11.2. The van der Waals surface area contributed by atoms with Crippen LogP contribution in [0.1, 0.15) is 32.2 Å². The lowest BCUT2D eigenvalue weighted by atomic mass is 10.1. The van der Waals surface area contributed by atoms with E-state index in [1.54, 1.807) is 36.1 Å². The number of methoxy groups -OCH3 is 1. The van der Waals surface area contributed by atoms with Crippen molar-refractivity contribution in [2.24, 2.45) is 0 Å². The lowest BCUT2D eigenvalue weighted by molar-refractivity contribution is -0.127. The van der Waals surface area contributed by atoms with Crippen LogP contribution in [0.15, 0.2) is 42.9 Å². The Morgan fingerprint density at radius 2 is 1.76 bits per heavy atom. The molecule has 0 atom stereocenters. The number of hydrogen-bond acceptors (Lipinski definition) is 9. The Balaban J connectivity index is 1.45. The Labute approximate surface area is 232 Å². The van der Waals surface area contributed by atoms with E-state index in [1.807, 2.05) is 6.07 Å². The van der Waals surface area contributed by atoms with Gasteiger partial charge in [-0.25, -0.2) is 19.2 Å². The molecule has 0 bridgehead atoms. The third kappa shape index (κ3) is 5.74. The topological polar surface area (TPSA) is 193 Å². The largest absolute Gasteiger partial charge is 0.494 e. The van der Waals surface area contributed by atoms with Gasteiger partial charge in [0, 0.05) is 37.9 Å². The summed E-state index contributed by atoms with van der Waals surface area (Å²) in [6, 6.07) is 8.80. The Hall–Kier alpha value is -4.43. The lowest BCUT2D eigenvalue weighted by Crippen LogP contribution is -2.52. The van der Waals surface area contributed by atoms with Crippen molar-refractivity contribution in [1.29, 1.82) is 0 Å². The van der Waals surface area contributed by atoms with Crippen molar-refractivity contribution < 1.29 is 38.0 Å². The Bertz CT molecular complexity index is 1670. The van der Waals surface area contributed by atoms with Gasteiger partial charge in [-0.1, -0.05) is 18.2 Å². The van der Waals surface area contributed by atoms with Gasteiger partial charge in [0.2, 0.25) is 0 Å². The number of H-pyrrole nitrogens is 1. The zero-order valence-corrected chi connectivity index (χ0v) is 22.9. The number of phosphoric ester groups is 1. The van der Waals surface area contributed by atoms with Gasteiger partial charge >= 0.3 is 7.82 Å². The van der Waals surface area contributed by atoms with Gasteiger partial charge in [0.05, 0.1) is 23.6 Å². The first-order valence-electron chi connectivity index (χ1n) is 12.4. The van der Waals surface area contributed by atoms with E-state index in [0.717, 1.165) is 0 Å². The maximum Gasteiger partial charge on any atom is 0.469 e. The number of carbonyl (C=O) groups is 3. The summed E-state index contributed by atoms with van der Waals surface area (Å²) in [6.45, 7) is 1.84. The molecule has 1 aliphatic rings. The predicted molar refractivity (Wildman–Crippen MR) is 142 cm³/mol. The number of ketones is 1. The van der Waals surface area contributed by atoms with Crippen molar-refractivity contribution in [2.45, 2.75) is 13.5 Å². The number of nitrogens with one attached hydrogen (secondary N) is 1. The monoisotopic (exact) mass is 583 g/mol. The van der Waals surface area contributed by atoms with Crippen LogP contribution in [0, 0.1) is 6.92 Å². The molecule has 0 spiro atoms. The smallest absolute Gasteiger partial charge is 0.469 e. The molecule has 3 aromatic heterocycles. The number of amides is 2. The van der Waals surface area contributed by atoms with Crippen molar-refractivity contribution in [1.82, 2.24) is 34.5 Å². The van der Waals surface area contributed by atoms with Gasteiger partial charge in [0.25, 0.3) is 17.6 Å². The molecule has 0 saturated carbocycles. The maximum atomic E-state index is 13.5. The SMILES string of the molecule is COc1c(COP(=O)(O)O)nc(-n2cnc(C)n2)c2[nH]cc(C(=O)C(=O)N3CCN(C(=O)c4ccccc4)CC3)c12. The lowest BCUT2D eigenvalue weighted by Gasteiger charge is -2.34. The van der Waals surface area contributed by atoms with Crippen molar-refractivity contribution in [3.8, 4) is 11.6 Å². The van der Waals surface area contributed by atoms with Crippen molar-refractivity contribution in [2.75, 3.05) is 33.3 Å². The molecule has 214 valence electrons. The third-order valence-electron chi connectivity index (χ3n) is 6.54. The number of nitrogens with zero attached hydrogens (tertiary/aromatic N) is 6. The van der Waals surface area contributed by atoms with Crippen LogP contribution >= 0.6 is 7.82 Å². The number of aromatic nitrogens is 5. The molecule has 1 aliphatic heterocycles. The van der Waals surface area contributed by atoms with E-state index in [9.17, 15) is 28.7 Å². The van der Waals surface area contributed by atoms with E-state index in [0.29, 0.717) is 11.4 Å². The molecule has 5 rings (SSSR count). The predicted octanol–water partition coefficient (Wildman–Crippen LogP) is 1.24. The molecule has 1 fully saturated rings. The molecule has 4 heterocycles. The summed E-state index contributed by atoms with van der Waals surface area (Å²) in [5.74, 6) is -1.21. The van der Waals surface area contributed by atoms with Crippen LogP contribution in [0.3, 0.4) is 0 Å². The molecule has 3 N–H and O–H groups in total. The molecule has 4 aromatic rings. The van der Waals surface area contributed by atoms with Crippen LogP contribution in [0.25, 0.3) is 16.7 Å². The summed E-state index contributed by atoms with van der Waals surface area (Å²) in [4.78, 5) is 72.6. The summed E-state index contributed by atoms with van der Waals surface area (Å²) < 4.78 is 22.9.